The number of thiophene rings is 2. The summed E-state index contributed by atoms with van der Waals surface area (Å²) >= 11 is 7.01. The molecule has 2 rings (SSSR count). The molecule has 0 saturated carbocycles. The topological polar surface area (TPSA) is 26.3 Å². The van der Waals surface area contributed by atoms with Crippen LogP contribution in [-0.2, 0) is 9.53 Å². The van der Waals surface area contributed by atoms with Gasteiger partial charge in [0.25, 0.3) is 0 Å². The Morgan fingerprint density at radius 2 is 1.61 bits per heavy atom. The Kier molecular flexibility index (Phi) is 10.8. The van der Waals surface area contributed by atoms with E-state index in [0.29, 0.717) is 0 Å². The third-order valence-electron chi connectivity index (χ3n) is 5.03. The monoisotopic (exact) mass is 484 g/mol. The second kappa shape index (κ2) is 12.8. The minimum Gasteiger partial charge on any atom is -0.456 e. The van der Waals surface area contributed by atoms with Crippen LogP contribution in [0.2, 0.25) is 0 Å². The molecule has 2 aromatic rings. The first kappa shape index (κ1) is 23.6. The highest BCUT2D eigenvalue weighted by Crippen LogP contribution is 2.39. The van der Waals surface area contributed by atoms with Gasteiger partial charge in [-0.3, -0.25) is 4.79 Å². The Labute approximate surface area is 186 Å². The molecule has 2 nitrogen and oxygen atoms in total. The van der Waals surface area contributed by atoms with E-state index in [4.69, 9.17) is 4.74 Å². The van der Waals surface area contributed by atoms with Gasteiger partial charge in [-0.25, -0.2) is 0 Å². The zero-order chi connectivity index (χ0) is 20.4. The van der Waals surface area contributed by atoms with Gasteiger partial charge in [-0.05, 0) is 59.5 Å². The van der Waals surface area contributed by atoms with E-state index in [0.717, 1.165) is 47.2 Å². The Morgan fingerprint density at radius 1 is 0.929 bits per heavy atom. The lowest BCUT2D eigenvalue weighted by molar-refractivity contribution is -0.155. The maximum absolute atomic E-state index is 12.9. The van der Waals surface area contributed by atoms with Gasteiger partial charge in [0.2, 0.25) is 0 Å². The molecule has 0 aliphatic heterocycles. The summed E-state index contributed by atoms with van der Waals surface area (Å²) in [7, 11) is 0. The van der Waals surface area contributed by atoms with Crippen LogP contribution in [0.1, 0.15) is 89.5 Å². The molecule has 0 fully saturated rings. The van der Waals surface area contributed by atoms with Crippen molar-refractivity contribution < 1.29 is 9.53 Å². The third-order valence-corrected chi connectivity index (χ3v) is 8.03. The molecule has 2 aromatic heterocycles. The third kappa shape index (κ3) is 7.31. The van der Waals surface area contributed by atoms with Crippen LogP contribution in [0.25, 0.3) is 9.75 Å². The highest BCUT2D eigenvalue weighted by Gasteiger charge is 2.24. The van der Waals surface area contributed by atoms with E-state index in [1.165, 1.54) is 29.0 Å². The van der Waals surface area contributed by atoms with Crippen molar-refractivity contribution in [3.63, 3.8) is 0 Å². The van der Waals surface area contributed by atoms with E-state index in [-0.39, 0.29) is 18.0 Å². The van der Waals surface area contributed by atoms with E-state index in [9.17, 15) is 4.79 Å². The predicted molar refractivity (Wildman–Crippen MR) is 126 cm³/mol. The van der Waals surface area contributed by atoms with Crippen molar-refractivity contribution in [2.75, 3.05) is 0 Å². The highest BCUT2D eigenvalue weighted by molar-refractivity contribution is 9.11. The average Bonchev–Trinajstić information content (AvgIpc) is 3.34. The fraction of sp³-hybridized carbons (Fsp3) is 0.609. The van der Waals surface area contributed by atoms with Crippen LogP contribution in [0.4, 0.5) is 0 Å². The summed E-state index contributed by atoms with van der Waals surface area (Å²) < 4.78 is 7.16. The van der Waals surface area contributed by atoms with Crippen LogP contribution in [0.15, 0.2) is 28.1 Å². The number of rotatable bonds is 13. The van der Waals surface area contributed by atoms with Crippen molar-refractivity contribution in [2.45, 2.75) is 84.7 Å². The van der Waals surface area contributed by atoms with Crippen molar-refractivity contribution in [3.05, 3.63) is 32.9 Å². The van der Waals surface area contributed by atoms with Gasteiger partial charge < -0.3 is 4.74 Å². The molecular formula is C23H33BrO2S2. The van der Waals surface area contributed by atoms with E-state index in [2.05, 4.69) is 61.0 Å². The number of carbonyl (C=O) groups excluding carboxylic acids is 1. The maximum Gasteiger partial charge on any atom is 0.309 e. The van der Waals surface area contributed by atoms with Crippen LogP contribution in [0.3, 0.4) is 0 Å². The molecule has 0 radical (unpaired) electrons. The molecule has 0 aliphatic rings. The van der Waals surface area contributed by atoms with Gasteiger partial charge in [0, 0.05) is 14.6 Å². The zero-order valence-electron chi connectivity index (χ0n) is 17.3. The van der Waals surface area contributed by atoms with E-state index < -0.39 is 0 Å². The van der Waals surface area contributed by atoms with E-state index >= 15 is 0 Å². The maximum atomic E-state index is 12.9. The first-order valence-electron chi connectivity index (χ1n) is 10.6. The number of unbranched alkanes of at least 4 members (excludes halogenated alkanes) is 4. The summed E-state index contributed by atoms with van der Waals surface area (Å²) in [5, 5.41) is 0. The van der Waals surface area contributed by atoms with Gasteiger partial charge in [0.1, 0.15) is 6.10 Å². The number of hydrogen-bond acceptors (Lipinski definition) is 4. The Hall–Kier alpha value is -0.650. The van der Waals surface area contributed by atoms with Gasteiger partial charge in [-0.15, -0.1) is 22.7 Å². The van der Waals surface area contributed by atoms with Gasteiger partial charge in [0.05, 0.1) is 9.70 Å². The Morgan fingerprint density at radius 3 is 2.25 bits per heavy atom. The van der Waals surface area contributed by atoms with Gasteiger partial charge >= 0.3 is 5.97 Å². The van der Waals surface area contributed by atoms with Crippen molar-refractivity contribution in [1.82, 2.24) is 0 Å². The first-order valence-corrected chi connectivity index (χ1v) is 13.1. The SMILES string of the molecule is CCCCCCC(CCCC)C(=O)OC(CC)c1ccc(-c2ccc(Br)s2)s1. The molecule has 2 heterocycles. The smallest absolute Gasteiger partial charge is 0.309 e. The van der Waals surface area contributed by atoms with E-state index in [1.807, 2.05) is 0 Å². The molecule has 156 valence electrons. The fourth-order valence-corrected chi connectivity index (χ4v) is 5.93. The standard InChI is InChI=1S/C23H33BrO2S2/c1-4-7-9-10-12-17(11-8-5-2)23(25)26-18(6-3)19-13-14-20(27-19)21-15-16-22(24)28-21/h13-18H,4-12H2,1-3H3. The van der Waals surface area contributed by atoms with Gasteiger partial charge in [-0.1, -0.05) is 59.3 Å². The minimum atomic E-state index is -0.130. The van der Waals surface area contributed by atoms with Crippen molar-refractivity contribution >= 4 is 44.6 Å². The normalized spacial score (nSPS) is 13.4. The number of carbonyl (C=O) groups is 1. The molecule has 5 heteroatoms. The first-order chi connectivity index (χ1) is 13.6. The lowest BCUT2D eigenvalue weighted by atomic mass is 9.95. The Balaban J connectivity index is 2.00. The van der Waals surface area contributed by atoms with Crippen molar-refractivity contribution in [3.8, 4) is 9.75 Å². The molecule has 0 spiro atoms. The average molecular weight is 486 g/mol. The molecule has 2 atom stereocenters. The molecule has 0 amide bonds. The van der Waals surface area contributed by atoms with Crippen molar-refractivity contribution in [2.24, 2.45) is 5.92 Å². The van der Waals surface area contributed by atoms with Gasteiger partial charge in [0.15, 0.2) is 0 Å². The second-order valence-electron chi connectivity index (χ2n) is 7.33. The quantitative estimate of drug-likeness (QED) is 0.209. The van der Waals surface area contributed by atoms with E-state index in [1.54, 1.807) is 22.7 Å². The Bertz CT molecular complexity index is 707. The van der Waals surface area contributed by atoms with Crippen LogP contribution < -0.4 is 0 Å². The number of ether oxygens (including phenoxy) is 1. The molecule has 28 heavy (non-hydrogen) atoms. The number of halogens is 1. The summed E-state index contributed by atoms with van der Waals surface area (Å²) in [6.07, 6.45) is 9.66. The molecule has 0 N–H and O–H groups in total. The summed E-state index contributed by atoms with van der Waals surface area (Å²) in [5.74, 6) is 0.0594. The molecule has 0 saturated heterocycles. The lowest BCUT2D eigenvalue weighted by Gasteiger charge is -2.20. The molecular weight excluding hydrogens is 452 g/mol. The van der Waals surface area contributed by atoms with Crippen LogP contribution in [0, 0.1) is 5.92 Å². The molecule has 0 aromatic carbocycles. The predicted octanol–water partition coefficient (Wildman–Crippen LogP) is 9.01. The molecule has 2 unspecified atom stereocenters. The lowest BCUT2D eigenvalue weighted by Crippen LogP contribution is -2.20. The minimum absolute atomic E-state index is 0.00520. The highest BCUT2D eigenvalue weighted by atomic mass is 79.9. The van der Waals surface area contributed by atoms with Crippen molar-refractivity contribution in [1.29, 1.82) is 0 Å². The molecule has 0 aliphatic carbocycles. The molecule has 0 bridgehead atoms. The van der Waals surface area contributed by atoms with Crippen LogP contribution in [-0.4, -0.2) is 5.97 Å². The van der Waals surface area contributed by atoms with Crippen LogP contribution in [0.5, 0.6) is 0 Å². The number of esters is 1. The summed E-state index contributed by atoms with van der Waals surface area (Å²) in [6.45, 7) is 6.50. The summed E-state index contributed by atoms with van der Waals surface area (Å²) in [5.41, 5.74) is 0. The largest absolute Gasteiger partial charge is 0.456 e. The van der Waals surface area contributed by atoms with Gasteiger partial charge in [-0.2, -0.15) is 0 Å². The van der Waals surface area contributed by atoms with Crippen LogP contribution >= 0.6 is 38.6 Å². The zero-order valence-corrected chi connectivity index (χ0v) is 20.6. The fourth-order valence-electron chi connectivity index (χ4n) is 3.33. The second-order valence-corrected chi connectivity index (χ2v) is 10.9. The summed E-state index contributed by atoms with van der Waals surface area (Å²) in [4.78, 5) is 16.6. The number of hydrogen-bond donors (Lipinski definition) is 0. The summed E-state index contributed by atoms with van der Waals surface area (Å²) in [6, 6.07) is 8.48.